The van der Waals surface area contributed by atoms with Gasteiger partial charge in [-0.1, -0.05) is 19.9 Å². The zero-order valence-electron chi connectivity index (χ0n) is 49.0. The third-order valence-corrected chi connectivity index (χ3v) is 21.3. The van der Waals surface area contributed by atoms with E-state index >= 15 is 4.79 Å². The second-order valence-corrected chi connectivity index (χ2v) is 26.4. The van der Waals surface area contributed by atoms with Crippen molar-refractivity contribution in [1.82, 2.24) is 0 Å². The first-order chi connectivity index (χ1) is 42.1. The van der Waals surface area contributed by atoms with Crippen molar-refractivity contribution in [3.8, 4) is 0 Å². The summed E-state index contributed by atoms with van der Waals surface area (Å²) in [5.74, 6) is -1.44. The zero-order valence-corrected chi connectivity index (χ0v) is 49.0. The van der Waals surface area contributed by atoms with E-state index in [-0.39, 0.29) is 25.2 Å². The lowest BCUT2D eigenvalue weighted by atomic mass is 9.41. The van der Waals surface area contributed by atoms with Crippen molar-refractivity contribution in [2.45, 2.75) is 261 Å². The van der Waals surface area contributed by atoms with Crippen LogP contribution in [0.2, 0.25) is 0 Å². The minimum absolute atomic E-state index is 0.154. The smallest absolute Gasteiger partial charge is 0.314 e. The van der Waals surface area contributed by atoms with Gasteiger partial charge >= 0.3 is 5.97 Å². The first-order valence-corrected chi connectivity index (χ1v) is 30.4. The Kier molecular flexibility index (Phi) is 21.4. The maximum Gasteiger partial charge on any atom is 0.314 e. The van der Waals surface area contributed by atoms with Gasteiger partial charge in [-0.05, 0) is 86.5 Å². The Morgan fingerprint density at radius 2 is 0.775 bits per heavy atom. The predicted octanol–water partition coefficient (Wildman–Crippen LogP) is -9.47. The number of carbonyl (C=O) groups excluding carboxylic acids is 1. The summed E-state index contributed by atoms with van der Waals surface area (Å²) in [6.45, 7) is 3.03. The second-order valence-electron chi connectivity index (χ2n) is 26.4. The zero-order chi connectivity index (χ0) is 64.7. The van der Waals surface area contributed by atoms with E-state index in [1.807, 2.05) is 0 Å². The lowest BCUT2D eigenvalue weighted by molar-refractivity contribution is -0.400. The number of carbonyl (C=O) groups is 1. The van der Waals surface area contributed by atoms with E-state index in [0.717, 1.165) is 0 Å². The molecule has 89 heavy (non-hydrogen) atoms. The summed E-state index contributed by atoms with van der Waals surface area (Å²) in [7, 11) is 0. The lowest BCUT2D eigenvalue weighted by Gasteiger charge is -2.64. The average Bonchev–Trinajstić information content (AvgIpc) is 1.62. The van der Waals surface area contributed by atoms with Crippen LogP contribution in [0, 0.1) is 28.1 Å². The largest absolute Gasteiger partial charge is 0.432 e. The summed E-state index contributed by atoms with van der Waals surface area (Å²) in [5, 5.41) is 215. The molecule has 4 saturated carbocycles. The fourth-order valence-electron chi connectivity index (χ4n) is 16.4. The van der Waals surface area contributed by atoms with Crippen molar-refractivity contribution in [2.75, 3.05) is 39.6 Å². The summed E-state index contributed by atoms with van der Waals surface area (Å²) in [4.78, 5) is 15.4. The summed E-state index contributed by atoms with van der Waals surface area (Å²) in [6, 6.07) is 0. The SMILES string of the molecule is C=C1C[C@@]23CC[C@@H]4[C@@](C)(CCC[C@@]4(C)C(=O)OC4OC(CO)C(O)C(O[C@@H]5OC(CO)C(O)C(O)C5O)C4O[C@@H]4OC(CO)C(O)C(O)C4O)[C@@H]2CC[C@]1(O[C@@H]1OC(CO)C(O)C(O[C@@H]2OC(CO)C(O)C(O)C2O)C1O[C@@H]1OC(CO)C(O)C(O)C1O)C3. The molecule has 33 nitrogen and oxygen atoms in total. The van der Waals surface area contributed by atoms with Gasteiger partial charge in [0.25, 0.3) is 0 Å². The molecule has 10 rings (SSSR count). The van der Waals surface area contributed by atoms with Crippen LogP contribution >= 0.6 is 0 Å². The average molecular weight is 1290 g/mol. The van der Waals surface area contributed by atoms with E-state index in [1.54, 1.807) is 6.92 Å². The highest BCUT2D eigenvalue weighted by atomic mass is 16.8. The topological polar surface area (TPSA) is 532 Å². The Morgan fingerprint density at radius 1 is 0.427 bits per heavy atom. The van der Waals surface area contributed by atoms with E-state index in [9.17, 15) is 102 Å². The minimum Gasteiger partial charge on any atom is -0.432 e. The summed E-state index contributed by atoms with van der Waals surface area (Å²) < 4.78 is 72.9. The molecule has 0 amide bonds. The molecular weight excluding hydrogens is 1200 g/mol. The molecule has 6 saturated heterocycles. The fraction of sp³-hybridized carbons (Fsp3) is 0.946. The van der Waals surface area contributed by atoms with E-state index in [2.05, 4.69) is 13.5 Å². The highest BCUT2D eigenvalue weighted by Gasteiger charge is 2.70. The number of aliphatic hydroxyl groups is 20. The minimum atomic E-state index is -2.08. The van der Waals surface area contributed by atoms with E-state index < -0.39 is 258 Å². The van der Waals surface area contributed by atoms with E-state index in [4.69, 9.17) is 56.8 Å². The molecule has 0 radical (unpaired) electrons. The van der Waals surface area contributed by atoms with Gasteiger partial charge in [0.05, 0.1) is 50.7 Å². The van der Waals surface area contributed by atoms with Crippen LogP contribution in [0.25, 0.3) is 0 Å². The van der Waals surface area contributed by atoms with Crippen LogP contribution in [0.4, 0.5) is 0 Å². The van der Waals surface area contributed by atoms with Gasteiger partial charge in [0.1, 0.15) is 140 Å². The van der Waals surface area contributed by atoms with Crippen LogP contribution in [0.3, 0.4) is 0 Å². The fourth-order valence-corrected chi connectivity index (χ4v) is 16.4. The molecule has 20 N–H and O–H groups in total. The van der Waals surface area contributed by atoms with Crippen LogP contribution in [0.1, 0.15) is 71.6 Å². The van der Waals surface area contributed by atoms with E-state index in [1.165, 1.54) is 0 Å². The number of ether oxygens (including phenoxy) is 12. The second kappa shape index (κ2) is 27.2. The first kappa shape index (κ1) is 69.8. The number of aliphatic hydroxyl groups excluding tert-OH is 20. The molecule has 36 atom stereocenters. The van der Waals surface area contributed by atoms with Crippen LogP contribution in [0.15, 0.2) is 12.2 Å². The molecule has 0 aromatic rings. The molecule has 10 fully saturated rings. The van der Waals surface area contributed by atoms with Crippen LogP contribution in [-0.2, 0) is 61.6 Å². The molecule has 0 aromatic heterocycles. The number of fused-ring (bicyclic) bond motifs is 3. The van der Waals surface area contributed by atoms with Crippen molar-refractivity contribution in [3.05, 3.63) is 12.2 Å². The van der Waals surface area contributed by atoms with Gasteiger partial charge in [-0.3, -0.25) is 4.79 Å². The van der Waals surface area contributed by atoms with Crippen molar-refractivity contribution in [1.29, 1.82) is 0 Å². The summed E-state index contributed by atoms with van der Waals surface area (Å²) in [6.07, 6.45) is -51.9. The standard InChI is InChI=1S/C56H90O33/c1-19-11-55-9-5-26-53(2,7-4-8-54(26,3)52(77)88-50-44(86-48-40(75)36(71)30(65)22(14-59)80-48)42(32(67)24(16-61)82-50)84-46-38(73)34(69)28(63)20(12-57)78-46)27(55)6-10-56(19,18-55)89-51-45(87-49-41(76)37(72)31(66)23(15-60)81-49)43(33(68)25(17-62)83-51)85-47-39(74)35(70)29(64)21(13-58)79-47/h20-51,57-76H,1,4-18H2,2-3H3/t20?,21?,22?,23?,24?,25?,26-,27+,28?,29?,30?,31?,32?,33?,34?,35?,36?,37?,38?,39?,40?,41?,42?,43?,44?,45?,46+,47+,48+,49+,50?,51+,53-,54-,55-,56+/m1/s1. The molecule has 512 valence electrons. The molecule has 33 heteroatoms. The van der Waals surface area contributed by atoms with Crippen molar-refractivity contribution in [3.63, 3.8) is 0 Å². The van der Waals surface area contributed by atoms with Crippen LogP contribution in [0.5, 0.6) is 0 Å². The highest BCUT2D eigenvalue weighted by Crippen LogP contribution is 2.74. The predicted molar refractivity (Wildman–Crippen MR) is 284 cm³/mol. The van der Waals surface area contributed by atoms with Gasteiger partial charge in [-0.25, -0.2) is 0 Å². The normalized spacial score (nSPS) is 54.5. The Balaban J connectivity index is 0.921. The third kappa shape index (κ3) is 12.3. The van der Waals surface area contributed by atoms with Crippen molar-refractivity contribution < 1.29 is 164 Å². The highest BCUT2D eigenvalue weighted by molar-refractivity contribution is 5.77. The Morgan fingerprint density at radius 3 is 1.18 bits per heavy atom. The molecule has 1 spiro atoms. The Bertz CT molecular complexity index is 2390. The number of hydrogen-bond acceptors (Lipinski definition) is 33. The molecule has 0 aromatic carbocycles. The first-order valence-electron chi connectivity index (χ1n) is 30.4. The number of esters is 1. The van der Waals surface area contributed by atoms with Gasteiger partial charge < -0.3 is 159 Å². The maximum atomic E-state index is 15.4. The molecule has 10 aliphatic rings. The van der Waals surface area contributed by atoms with Crippen molar-refractivity contribution in [2.24, 2.45) is 28.1 Å². The quantitative estimate of drug-likeness (QED) is 0.0344. The van der Waals surface area contributed by atoms with Crippen molar-refractivity contribution >= 4 is 5.97 Å². The van der Waals surface area contributed by atoms with Gasteiger partial charge in [-0.15, -0.1) is 0 Å². The molecule has 6 heterocycles. The molecule has 4 aliphatic carbocycles. The summed E-state index contributed by atoms with van der Waals surface area (Å²) >= 11 is 0. The van der Waals surface area contributed by atoms with Gasteiger partial charge in [0.2, 0.25) is 6.29 Å². The maximum absolute atomic E-state index is 15.4. The summed E-state index contributed by atoms with van der Waals surface area (Å²) in [5.41, 5.74) is -3.24. The Hall–Kier alpha value is -2.03. The number of hydrogen-bond donors (Lipinski definition) is 20. The number of rotatable bonds is 18. The molecule has 6 aliphatic heterocycles. The molecular formula is C56H90O33. The lowest BCUT2D eigenvalue weighted by Crippen LogP contribution is -2.68. The third-order valence-electron chi connectivity index (χ3n) is 21.3. The van der Waals surface area contributed by atoms with Crippen LogP contribution in [-0.4, -0.2) is 338 Å². The molecule has 2 bridgehead atoms. The van der Waals surface area contributed by atoms with E-state index in [0.29, 0.717) is 44.1 Å². The molecule has 25 unspecified atom stereocenters. The Labute approximate surface area is 509 Å². The monoisotopic (exact) mass is 1290 g/mol. The van der Waals surface area contributed by atoms with Gasteiger partial charge in [-0.2, -0.15) is 0 Å². The van der Waals surface area contributed by atoms with Gasteiger partial charge in [0, 0.05) is 0 Å². The van der Waals surface area contributed by atoms with Crippen LogP contribution < -0.4 is 0 Å². The van der Waals surface area contributed by atoms with Gasteiger partial charge in [0.15, 0.2) is 37.6 Å².